The highest BCUT2D eigenvalue weighted by molar-refractivity contribution is 5.84. The molecule has 3 rings (SSSR count). The first-order valence-corrected chi connectivity index (χ1v) is 5.47. The molecule has 0 aromatic heterocycles. The average molecular weight is 246 g/mol. The maximum atomic E-state index is 11.7. The van der Waals surface area contributed by atoms with Crippen molar-refractivity contribution in [2.75, 3.05) is 6.61 Å². The summed E-state index contributed by atoms with van der Waals surface area (Å²) in [5, 5.41) is 40.4. The highest BCUT2D eigenvalue weighted by Crippen LogP contribution is 2.61. The second-order valence-electron chi connectivity index (χ2n) is 5.13. The molecule has 2 saturated heterocycles. The zero-order valence-electron chi connectivity index (χ0n) is 9.16. The molecule has 0 radical (unpaired) electrons. The van der Waals surface area contributed by atoms with Crippen LogP contribution in [0.1, 0.15) is 13.3 Å². The Morgan fingerprint density at radius 3 is 2.59 bits per heavy atom. The molecule has 1 unspecified atom stereocenters. The first-order valence-electron chi connectivity index (χ1n) is 5.47. The summed E-state index contributed by atoms with van der Waals surface area (Å²) in [6, 6.07) is 0. The van der Waals surface area contributed by atoms with Crippen molar-refractivity contribution in [3.05, 3.63) is 0 Å². The quantitative estimate of drug-likeness (QED) is 0.349. The third-order valence-electron chi connectivity index (χ3n) is 4.26. The zero-order chi connectivity index (χ0) is 12.6. The molecule has 7 heteroatoms. The summed E-state index contributed by atoms with van der Waals surface area (Å²) < 4.78 is 9.77. The van der Waals surface area contributed by atoms with Crippen molar-refractivity contribution in [1.82, 2.24) is 0 Å². The highest BCUT2D eigenvalue weighted by atomic mass is 16.7. The number of esters is 1. The first kappa shape index (κ1) is 11.4. The van der Waals surface area contributed by atoms with E-state index in [0.717, 1.165) is 0 Å². The molecule has 0 bridgehead atoms. The molecule has 1 aliphatic carbocycles. The fraction of sp³-hybridized carbons (Fsp3) is 0.900. The standard InChI is InChI=1S/C10H14O7/c1-4-2-8(13)9(14)6(17-10(4,8)15)5(11)3-16-7(9)12/h4-6,11,13-15H,2-3H2,1H3/t4?,5-,6-,8-,9-,10+/m0/s1. The van der Waals surface area contributed by atoms with Crippen molar-refractivity contribution in [2.45, 2.75) is 42.5 Å². The maximum Gasteiger partial charge on any atom is 0.344 e. The molecule has 3 fully saturated rings. The Balaban J connectivity index is 2.11. The molecular formula is C10H14O7. The van der Waals surface area contributed by atoms with Crippen LogP contribution in [0.2, 0.25) is 0 Å². The van der Waals surface area contributed by atoms with E-state index >= 15 is 0 Å². The van der Waals surface area contributed by atoms with Gasteiger partial charge in [0.15, 0.2) is 5.60 Å². The van der Waals surface area contributed by atoms with E-state index in [1.54, 1.807) is 6.92 Å². The summed E-state index contributed by atoms with van der Waals surface area (Å²) in [5.41, 5.74) is -4.53. The molecule has 0 aromatic rings. The van der Waals surface area contributed by atoms with Crippen LogP contribution >= 0.6 is 0 Å². The third kappa shape index (κ3) is 0.913. The highest BCUT2D eigenvalue weighted by Gasteiger charge is 2.85. The van der Waals surface area contributed by atoms with E-state index < -0.39 is 41.1 Å². The van der Waals surface area contributed by atoms with E-state index in [0.29, 0.717) is 0 Å². The largest absolute Gasteiger partial charge is 0.461 e. The number of carbonyl (C=O) groups is 1. The number of hydrogen-bond acceptors (Lipinski definition) is 7. The van der Waals surface area contributed by atoms with Crippen LogP contribution in [-0.4, -0.2) is 62.2 Å². The molecule has 7 nitrogen and oxygen atoms in total. The summed E-state index contributed by atoms with van der Waals surface area (Å²) in [6.07, 6.45) is -2.65. The van der Waals surface area contributed by atoms with E-state index in [1.165, 1.54) is 0 Å². The average Bonchev–Trinajstić information content (AvgIpc) is 2.42. The summed E-state index contributed by atoms with van der Waals surface area (Å²) in [5.74, 6) is -3.53. The van der Waals surface area contributed by atoms with E-state index in [-0.39, 0.29) is 13.0 Å². The van der Waals surface area contributed by atoms with Crippen LogP contribution in [0.25, 0.3) is 0 Å². The lowest BCUT2D eigenvalue weighted by atomic mass is 9.58. The lowest BCUT2D eigenvalue weighted by Crippen LogP contribution is -2.77. The second kappa shape index (κ2) is 2.81. The first-order chi connectivity index (χ1) is 7.77. The molecule has 1 saturated carbocycles. The number of fused-ring (bicyclic) bond motifs is 3. The Kier molecular flexibility index (Phi) is 1.88. The van der Waals surface area contributed by atoms with E-state index in [2.05, 4.69) is 4.74 Å². The summed E-state index contributed by atoms with van der Waals surface area (Å²) >= 11 is 0. The Morgan fingerprint density at radius 1 is 1.35 bits per heavy atom. The van der Waals surface area contributed by atoms with Gasteiger partial charge in [0.05, 0.1) is 0 Å². The van der Waals surface area contributed by atoms with Crippen LogP contribution in [0.3, 0.4) is 0 Å². The van der Waals surface area contributed by atoms with Crippen molar-refractivity contribution in [3.8, 4) is 0 Å². The normalized spacial score (nSPS) is 61.2. The lowest BCUT2D eigenvalue weighted by molar-refractivity contribution is -0.358. The molecule has 3 aliphatic rings. The van der Waals surface area contributed by atoms with E-state index in [1.807, 2.05) is 0 Å². The Morgan fingerprint density at radius 2 is 2.00 bits per heavy atom. The second-order valence-corrected chi connectivity index (χ2v) is 5.13. The Hall–Kier alpha value is -0.730. The Bertz CT molecular complexity index is 398. The predicted octanol–water partition coefficient (Wildman–Crippen LogP) is -2.51. The van der Waals surface area contributed by atoms with Crippen LogP contribution in [-0.2, 0) is 14.3 Å². The maximum absolute atomic E-state index is 11.7. The van der Waals surface area contributed by atoms with Crippen molar-refractivity contribution >= 4 is 5.97 Å². The van der Waals surface area contributed by atoms with Gasteiger partial charge < -0.3 is 29.9 Å². The molecule has 17 heavy (non-hydrogen) atoms. The van der Waals surface area contributed by atoms with Gasteiger partial charge in [0.2, 0.25) is 11.4 Å². The monoisotopic (exact) mass is 246 g/mol. The number of cyclic esters (lactones) is 1. The molecule has 0 amide bonds. The van der Waals surface area contributed by atoms with Gasteiger partial charge in [-0.1, -0.05) is 6.92 Å². The van der Waals surface area contributed by atoms with Gasteiger partial charge in [-0.15, -0.1) is 0 Å². The van der Waals surface area contributed by atoms with E-state index in [4.69, 9.17) is 4.74 Å². The lowest BCUT2D eigenvalue weighted by Gasteiger charge is -2.54. The fourth-order valence-corrected chi connectivity index (χ4v) is 3.16. The van der Waals surface area contributed by atoms with Gasteiger partial charge in [-0.05, 0) is 6.42 Å². The molecule has 2 heterocycles. The fourth-order valence-electron chi connectivity index (χ4n) is 3.16. The predicted molar refractivity (Wildman–Crippen MR) is 50.5 cm³/mol. The van der Waals surface area contributed by atoms with E-state index in [9.17, 15) is 25.2 Å². The molecule has 0 aromatic carbocycles. The van der Waals surface area contributed by atoms with Gasteiger partial charge in [-0.3, -0.25) is 0 Å². The molecule has 6 atom stereocenters. The third-order valence-corrected chi connectivity index (χ3v) is 4.26. The van der Waals surface area contributed by atoms with Crippen molar-refractivity contribution in [3.63, 3.8) is 0 Å². The van der Waals surface area contributed by atoms with Crippen molar-refractivity contribution in [2.24, 2.45) is 5.92 Å². The van der Waals surface area contributed by atoms with Crippen LogP contribution in [0.4, 0.5) is 0 Å². The number of hydrogen-bond donors (Lipinski definition) is 4. The van der Waals surface area contributed by atoms with Crippen molar-refractivity contribution < 1.29 is 34.7 Å². The van der Waals surface area contributed by atoms with Gasteiger partial charge >= 0.3 is 5.97 Å². The van der Waals surface area contributed by atoms with Crippen LogP contribution in [0.15, 0.2) is 0 Å². The smallest absolute Gasteiger partial charge is 0.344 e. The molecule has 0 spiro atoms. The summed E-state index contributed by atoms with van der Waals surface area (Å²) in [4.78, 5) is 11.7. The van der Waals surface area contributed by atoms with Crippen LogP contribution in [0.5, 0.6) is 0 Å². The number of carbonyl (C=O) groups excluding carboxylic acids is 1. The minimum absolute atomic E-state index is 0.00167. The van der Waals surface area contributed by atoms with Gasteiger partial charge in [0.25, 0.3) is 0 Å². The molecule has 2 aliphatic heterocycles. The van der Waals surface area contributed by atoms with Gasteiger partial charge in [0, 0.05) is 5.92 Å². The van der Waals surface area contributed by atoms with Gasteiger partial charge in [0.1, 0.15) is 18.8 Å². The summed E-state index contributed by atoms with van der Waals surface area (Å²) in [7, 11) is 0. The number of rotatable bonds is 0. The zero-order valence-corrected chi connectivity index (χ0v) is 9.16. The van der Waals surface area contributed by atoms with Crippen molar-refractivity contribution in [1.29, 1.82) is 0 Å². The number of aliphatic hydroxyl groups excluding tert-OH is 1. The van der Waals surface area contributed by atoms with Gasteiger partial charge in [-0.25, -0.2) is 4.79 Å². The van der Waals surface area contributed by atoms with Crippen LogP contribution < -0.4 is 0 Å². The minimum atomic E-state index is -2.41. The minimum Gasteiger partial charge on any atom is -0.461 e. The SMILES string of the molecule is CC1C[C@]2(O)[C@@]3(O)C(=O)OC[C@H](O)[C@@H]3O[C@]12O. The van der Waals surface area contributed by atoms with Crippen LogP contribution in [0, 0.1) is 5.92 Å². The molecule has 96 valence electrons. The topological polar surface area (TPSA) is 116 Å². The molecule has 4 N–H and O–H groups in total. The number of ether oxygens (including phenoxy) is 2. The summed E-state index contributed by atoms with van der Waals surface area (Å²) in [6.45, 7) is 1.29. The van der Waals surface area contributed by atoms with Gasteiger partial charge in [-0.2, -0.15) is 0 Å². The number of aliphatic hydroxyl groups is 4. The Labute approximate surface area is 96.6 Å². The molecular weight excluding hydrogens is 232 g/mol.